The number of aryl methyl sites for hydroxylation is 2. The first kappa shape index (κ1) is 16.1. The van der Waals surface area contributed by atoms with Crippen molar-refractivity contribution in [2.75, 3.05) is 0 Å². The van der Waals surface area contributed by atoms with Gasteiger partial charge in [-0.05, 0) is 74.6 Å². The molecule has 0 fully saturated rings. The minimum atomic E-state index is 0.0985. The lowest BCUT2D eigenvalue weighted by Crippen LogP contribution is -2.18. The second kappa shape index (κ2) is 6.63. The third-order valence-corrected chi connectivity index (χ3v) is 4.14. The minimum absolute atomic E-state index is 0.0985. The number of rotatable bonds is 4. The zero-order valence-electron chi connectivity index (χ0n) is 13.0. The van der Waals surface area contributed by atoms with Crippen molar-refractivity contribution in [2.45, 2.75) is 40.2 Å². The summed E-state index contributed by atoms with van der Waals surface area (Å²) in [6.45, 7) is 8.29. The maximum Gasteiger partial charge on any atom is 0.133 e. The molecule has 0 saturated carbocycles. The zero-order valence-corrected chi connectivity index (χ0v) is 14.6. The van der Waals surface area contributed by atoms with Gasteiger partial charge in [-0.25, -0.2) is 0 Å². The van der Waals surface area contributed by atoms with Gasteiger partial charge in [0, 0.05) is 10.5 Å². The maximum absolute atomic E-state index is 6.23. The largest absolute Gasteiger partial charge is 0.457 e. The van der Waals surface area contributed by atoms with Crippen molar-refractivity contribution in [1.29, 1.82) is 0 Å². The normalized spacial score (nSPS) is 12.3. The summed E-state index contributed by atoms with van der Waals surface area (Å²) in [4.78, 5) is 0. The number of ether oxygens (including phenoxy) is 1. The summed E-state index contributed by atoms with van der Waals surface area (Å²) in [5.74, 6) is 1.83. The van der Waals surface area contributed by atoms with E-state index in [0.717, 1.165) is 33.5 Å². The highest BCUT2D eigenvalue weighted by Crippen LogP contribution is 2.34. The van der Waals surface area contributed by atoms with Crippen LogP contribution >= 0.6 is 15.9 Å². The van der Waals surface area contributed by atoms with Crippen molar-refractivity contribution >= 4 is 15.9 Å². The standard InChI is InChI=1S/C18H22BrNO/c1-11-5-6-12(2)18(14(11)4)21-17-8-7-16(19)10-15(17)9-13(3)20/h5-8,10,13H,9,20H2,1-4H3. The quantitative estimate of drug-likeness (QED) is 0.839. The molecular weight excluding hydrogens is 326 g/mol. The smallest absolute Gasteiger partial charge is 0.133 e. The number of benzene rings is 2. The summed E-state index contributed by atoms with van der Waals surface area (Å²) in [6.07, 6.45) is 0.790. The molecule has 1 unspecified atom stereocenters. The van der Waals surface area contributed by atoms with Crippen molar-refractivity contribution in [3.8, 4) is 11.5 Å². The molecule has 0 amide bonds. The molecule has 0 aliphatic heterocycles. The lowest BCUT2D eigenvalue weighted by atomic mass is 10.0. The van der Waals surface area contributed by atoms with E-state index in [9.17, 15) is 0 Å². The van der Waals surface area contributed by atoms with Crippen LogP contribution in [0.4, 0.5) is 0 Å². The molecule has 0 spiro atoms. The van der Waals surface area contributed by atoms with Gasteiger partial charge in [0.15, 0.2) is 0 Å². The van der Waals surface area contributed by atoms with Crippen LogP contribution in [0, 0.1) is 20.8 Å². The summed E-state index contributed by atoms with van der Waals surface area (Å²) < 4.78 is 7.28. The van der Waals surface area contributed by atoms with Gasteiger partial charge in [-0.3, -0.25) is 0 Å². The first-order valence-corrected chi connectivity index (χ1v) is 7.96. The average Bonchev–Trinajstić information content (AvgIpc) is 2.41. The molecule has 0 aromatic heterocycles. The van der Waals surface area contributed by atoms with Gasteiger partial charge < -0.3 is 10.5 Å². The Morgan fingerprint density at radius 2 is 1.76 bits per heavy atom. The van der Waals surface area contributed by atoms with Gasteiger partial charge in [0.2, 0.25) is 0 Å². The first-order chi connectivity index (χ1) is 9.88. The molecule has 2 aromatic carbocycles. The second-order valence-corrected chi connectivity index (χ2v) is 6.60. The summed E-state index contributed by atoms with van der Waals surface area (Å²) >= 11 is 3.52. The Balaban J connectivity index is 2.42. The third-order valence-electron chi connectivity index (χ3n) is 3.65. The maximum atomic E-state index is 6.23. The summed E-state index contributed by atoms with van der Waals surface area (Å²) in [5, 5.41) is 0. The van der Waals surface area contributed by atoms with Gasteiger partial charge in [-0.2, -0.15) is 0 Å². The molecule has 0 saturated heterocycles. The van der Waals surface area contributed by atoms with E-state index in [4.69, 9.17) is 10.5 Å². The van der Waals surface area contributed by atoms with Crippen LogP contribution in [-0.2, 0) is 6.42 Å². The van der Waals surface area contributed by atoms with E-state index >= 15 is 0 Å². The lowest BCUT2D eigenvalue weighted by molar-refractivity contribution is 0.466. The van der Waals surface area contributed by atoms with Gasteiger partial charge in [0.1, 0.15) is 11.5 Å². The Bertz CT molecular complexity index is 650. The predicted octanol–water partition coefficient (Wildman–Crippen LogP) is 5.06. The summed E-state index contributed by atoms with van der Waals surface area (Å²) in [6, 6.07) is 10.4. The van der Waals surface area contributed by atoms with Crippen LogP contribution < -0.4 is 10.5 Å². The van der Waals surface area contributed by atoms with Crippen LogP contribution in [0.1, 0.15) is 29.2 Å². The van der Waals surface area contributed by atoms with E-state index in [1.807, 2.05) is 19.1 Å². The van der Waals surface area contributed by atoms with E-state index in [2.05, 4.69) is 54.9 Å². The molecule has 112 valence electrons. The monoisotopic (exact) mass is 347 g/mol. The lowest BCUT2D eigenvalue weighted by Gasteiger charge is -2.17. The molecule has 0 aliphatic rings. The Kier molecular flexibility index (Phi) is 5.07. The van der Waals surface area contributed by atoms with Crippen LogP contribution in [0.5, 0.6) is 11.5 Å². The van der Waals surface area contributed by atoms with Gasteiger partial charge >= 0.3 is 0 Å². The highest BCUT2D eigenvalue weighted by molar-refractivity contribution is 9.10. The first-order valence-electron chi connectivity index (χ1n) is 7.17. The second-order valence-electron chi connectivity index (χ2n) is 5.69. The fraction of sp³-hybridized carbons (Fsp3) is 0.333. The fourth-order valence-electron chi connectivity index (χ4n) is 2.35. The third kappa shape index (κ3) is 3.86. The molecule has 21 heavy (non-hydrogen) atoms. The summed E-state index contributed by atoms with van der Waals surface area (Å²) in [5.41, 5.74) is 10.6. The molecule has 2 N–H and O–H groups in total. The molecule has 0 heterocycles. The van der Waals surface area contributed by atoms with Crippen molar-refractivity contribution < 1.29 is 4.74 Å². The average molecular weight is 348 g/mol. The highest BCUT2D eigenvalue weighted by atomic mass is 79.9. The number of halogens is 1. The number of hydrogen-bond acceptors (Lipinski definition) is 2. The minimum Gasteiger partial charge on any atom is -0.457 e. The molecule has 2 nitrogen and oxygen atoms in total. The number of hydrogen-bond donors (Lipinski definition) is 1. The van der Waals surface area contributed by atoms with Gasteiger partial charge in [0.25, 0.3) is 0 Å². The molecule has 0 bridgehead atoms. The summed E-state index contributed by atoms with van der Waals surface area (Å²) in [7, 11) is 0. The molecule has 2 rings (SSSR count). The topological polar surface area (TPSA) is 35.2 Å². The van der Waals surface area contributed by atoms with Crippen molar-refractivity contribution in [2.24, 2.45) is 5.73 Å². The van der Waals surface area contributed by atoms with Gasteiger partial charge in [0.05, 0.1) is 0 Å². The highest BCUT2D eigenvalue weighted by Gasteiger charge is 2.12. The number of nitrogens with two attached hydrogens (primary N) is 1. The SMILES string of the molecule is Cc1ccc(C)c(Oc2ccc(Br)cc2CC(C)N)c1C. The van der Waals surface area contributed by atoms with Crippen LogP contribution in [0.15, 0.2) is 34.8 Å². The molecule has 0 aliphatic carbocycles. The van der Waals surface area contributed by atoms with E-state index in [1.165, 1.54) is 11.1 Å². The van der Waals surface area contributed by atoms with Crippen LogP contribution in [0.2, 0.25) is 0 Å². The Morgan fingerprint density at radius 1 is 1.10 bits per heavy atom. The predicted molar refractivity (Wildman–Crippen MR) is 92.2 cm³/mol. The van der Waals surface area contributed by atoms with E-state index < -0.39 is 0 Å². The zero-order chi connectivity index (χ0) is 15.6. The van der Waals surface area contributed by atoms with Crippen molar-refractivity contribution in [1.82, 2.24) is 0 Å². The van der Waals surface area contributed by atoms with Gasteiger partial charge in [-0.1, -0.05) is 28.1 Å². The van der Waals surface area contributed by atoms with Gasteiger partial charge in [-0.15, -0.1) is 0 Å². The Hall–Kier alpha value is -1.32. The van der Waals surface area contributed by atoms with E-state index in [-0.39, 0.29) is 6.04 Å². The van der Waals surface area contributed by atoms with E-state index in [1.54, 1.807) is 0 Å². The van der Waals surface area contributed by atoms with Crippen molar-refractivity contribution in [3.05, 3.63) is 57.1 Å². The Labute approximate surface area is 135 Å². The molecule has 0 radical (unpaired) electrons. The van der Waals surface area contributed by atoms with Crippen LogP contribution in [0.25, 0.3) is 0 Å². The molecule has 3 heteroatoms. The fourth-order valence-corrected chi connectivity index (χ4v) is 2.75. The van der Waals surface area contributed by atoms with E-state index in [0.29, 0.717) is 0 Å². The Morgan fingerprint density at radius 3 is 2.43 bits per heavy atom. The molecule has 1 atom stereocenters. The van der Waals surface area contributed by atoms with Crippen molar-refractivity contribution in [3.63, 3.8) is 0 Å². The van der Waals surface area contributed by atoms with Crippen LogP contribution in [-0.4, -0.2) is 6.04 Å². The molecular formula is C18H22BrNO. The molecule has 2 aromatic rings. The van der Waals surface area contributed by atoms with Crippen LogP contribution in [0.3, 0.4) is 0 Å².